The standard InChI is InChI=1S/C15H13N5O2S/c1-20-13-11(12(19-20)14(21)22)10(5-6-17-13)8-3-2-4-9(7-8)18-15(16)23/h2-7H,1H3,(H,21,22)(H3,16,18,23). The predicted molar refractivity (Wildman–Crippen MR) is 91.3 cm³/mol. The number of nitrogens with zero attached hydrogens (tertiary/aromatic N) is 3. The van der Waals surface area contributed by atoms with Gasteiger partial charge in [-0.1, -0.05) is 12.1 Å². The van der Waals surface area contributed by atoms with Gasteiger partial charge < -0.3 is 16.2 Å². The van der Waals surface area contributed by atoms with E-state index in [2.05, 4.69) is 15.4 Å². The molecule has 0 radical (unpaired) electrons. The third kappa shape index (κ3) is 2.71. The summed E-state index contributed by atoms with van der Waals surface area (Å²) in [6, 6.07) is 9.13. The number of nitrogens with one attached hydrogen (secondary N) is 1. The van der Waals surface area contributed by atoms with Gasteiger partial charge in [-0.05, 0) is 41.5 Å². The third-order valence-corrected chi connectivity index (χ3v) is 3.47. The first-order valence-corrected chi connectivity index (χ1v) is 7.10. The Kier molecular flexibility index (Phi) is 3.67. The number of hydrogen-bond acceptors (Lipinski definition) is 4. The zero-order chi connectivity index (χ0) is 16.6. The molecule has 7 nitrogen and oxygen atoms in total. The second kappa shape index (κ2) is 5.65. The summed E-state index contributed by atoms with van der Waals surface area (Å²) in [5.41, 5.74) is 8.23. The van der Waals surface area contributed by atoms with Crippen LogP contribution in [0.4, 0.5) is 5.69 Å². The summed E-state index contributed by atoms with van der Waals surface area (Å²) in [4.78, 5) is 15.7. The van der Waals surface area contributed by atoms with E-state index in [1.54, 1.807) is 19.3 Å². The van der Waals surface area contributed by atoms with Crippen molar-refractivity contribution in [2.24, 2.45) is 12.8 Å². The van der Waals surface area contributed by atoms with Crippen LogP contribution in [0.25, 0.3) is 22.2 Å². The molecule has 23 heavy (non-hydrogen) atoms. The van der Waals surface area contributed by atoms with Crippen molar-refractivity contribution in [2.45, 2.75) is 0 Å². The Morgan fingerprint density at radius 3 is 2.87 bits per heavy atom. The maximum absolute atomic E-state index is 11.5. The largest absolute Gasteiger partial charge is 0.476 e. The van der Waals surface area contributed by atoms with Crippen molar-refractivity contribution in [1.29, 1.82) is 0 Å². The fourth-order valence-electron chi connectivity index (χ4n) is 2.47. The Morgan fingerprint density at radius 2 is 2.17 bits per heavy atom. The topological polar surface area (TPSA) is 106 Å². The summed E-state index contributed by atoms with van der Waals surface area (Å²) < 4.78 is 1.46. The first kappa shape index (κ1) is 14.9. The van der Waals surface area contributed by atoms with Gasteiger partial charge in [0.15, 0.2) is 16.5 Å². The van der Waals surface area contributed by atoms with Crippen molar-refractivity contribution in [3.8, 4) is 11.1 Å². The highest BCUT2D eigenvalue weighted by molar-refractivity contribution is 7.80. The van der Waals surface area contributed by atoms with Gasteiger partial charge in [-0.2, -0.15) is 5.10 Å². The number of carboxylic acids is 1. The van der Waals surface area contributed by atoms with E-state index >= 15 is 0 Å². The fraction of sp³-hybridized carbons (Fsp3) is 0.0667. The van der Waals surface area contributed by atoms with E-state index in [1.165, 1.54) is 4.68 Å². The van der Waals surface area contributed by atoms with Crippen LogP contribution >= 0.6 is 12.2 Å². The molecule has 2 aromatic heterocycles. The number of aryl methyl sites for hydroxylation is 1. The molecule has 3 aromatic rings. The summed E-state index contributed by atoms with van der Waals surface area (Å²) in [6.45, 7) is 0. The molecule has 0 amide bonds. The maximum atomic E-state index is 11.5. The summed E-state index contributed by atoms with van der Waals surface area (Å²) in [6.07, 6.45) is 1.62. The lowest BCUT2D eigenvalue weighted by atomic mass is 10.0. The average Bonchev–Trinajstić information content (AvgIpc) is 2.85. The molecule has 2 heterocycles. The van der Waals surface area contributed by atoms with Gasteiger partial charge in [0.05, 0.1) is 5.39 Å². The molecule has 0 saturated carbocycles. The van der Waals surface area contributed by atoms with Gasteiger partial charge in [-0.15, -0.1) is 0 Å². The Morgan fingerprint density at radius 1 is 1.39 bits per heavy atom. The SMILES string of the molecule is Cn1nc(C(=O)O)c2c(-c3cccc(NC(N)=S)c3)ccnc21. The third-order valence-electron chi connectivity index (χ3n) is 3.37. The summed E-state index contributed by atoms with van der Waals surface area (Å²) in [5, 5.41) is 17.0. The van der Waals surface area contributed by atoms with Crippen LogP contribution in [0.5, 0.6) is 0 Å². The summed E-state index contributed by atoms with van der Waals surface area (Å²) in [5.74, 6) is -1.10. The van der Waals surface area contributed by atoms with E-state index in [1.807, 2.05) is 24.3 Å². The van der Waals surface area contributed by atoms with E-state index in [0.717, 1.165) is 16.8 Å². The number of anilines is 1. The first-order chi connectivity index (χ1) is 11.0. The lowest BCUT2D eigenvalue weighted by Crippen LogP contribution is -2.18. The lowest BCUT2D eigenvalue weighted by Gasteiger charge is -2.08. The molecule has 0 saturated heterocycles. The number of aromatic nitrogens is 3. The van der Waals surface area contributed by atoms with E-state index in [4.69, 9.17) is 18.0 Å². The molecule has 1 aromatic carbocycles. The van der Waals surface area contributed by atoms with Crippen LogP contribution in [-0.4, -0.2) is 31.0 Å². The average molecular weight is 327 g/mol. The minimum Gasteiger partial charge on any atom is -0.476 e. The number of benzene rings is 1. The summed E-state index contributed by atoms with van der Waals surface area (Å²) in [7, 11) is 1.66. The number of fused-ring (bicyclic) bond motifs is 1. The molecule has 0 atom stereocenters. The maximum Gasteiger partial charge on any atom is 0.357 e. The number of aromatic carboxylic acids is 1. The first-order valence-electron chi connectivity index (χ1n) is 6.69. The van der Waals surface area contributed by atoms with Gasteiger partial charge in [-0.3, -0.25) is 0 Å². The second-order valence-electron chi connectivity index (χ2n) is 4.90. The molecular formula is C15H13N5O2S. The number of thiocarbonyl (C=S) groups is 1. The van der Waals surface area contributed by atoms with E-state index < -0.39 is 5.97 Å². The number of rotatable bonds is 3. The van der Waals surface area contributed by atoms with Gasteiger partial charge in [0, 0.05) is 18.9 Å². The predicted octanol–water partition coefficient (Wildman–Crippen LogP) is 1.99. The van der Waals surface area contributed by atoms with Crippen LogP contribution in [0.3, 0.4) is 0 Å². The fourth-order valence-corrected chi connectivity index (χ4v) is 2.59. The van der Waals surface area contributed by atoms with Crippen molar-refractivity contribution in [3.63, 3.8) is 0 Å². The molecule has 4 N–H and O–H groups in total. The van der Waals surface area contributed by atoms with Gasteiger partial charge in [0.25, 0.3) is 0 Å². The van der Waals surface area contributed by atoms with Gasteiger partial charge in [0.2, 0.25) is 0 Å². The molecule has 0 bridgehead atoms. The Hall–Kier alpha value is -3.00. The number of carboxylic acid groups (broad SMARTS) is 1. The molecule has 0 unspecified atom stereocenters. The highest BCUT2D eigenvalue weighted by atomic mass is 32.1. The quantitative estimate of drug-likeness (QED) is 0.632. The van der Waals surface area contributed by atoms with Gasteiger partial charge >= 0.3 is 5.97 Å². The van der Waals surface area contributed by atoms with E-state index in [-0.39, 0.29) is 10.8 Å². The van der Waals surface area contributed by atoms with Crippen molar-refractivity contribution >= 4 is 40.0 Å². The Balaban J connectivity index is 2.24. The molecule has 8 heteroatoms. The van der Waals surface area contributed by atoms with Crippen LogP contribution < -0.4 is 11.1 Å². The van der Waals surface area contributed by atoms with Crippen molar-refractivity contribution in [3.05, 3.63) is 42.2 Å². The number of carbonyl (C=O) groups is 1. The van der Waals surface area contributed by atoms with Crippen molar-refractivity contribution in [2.75, 3.05) is 5.32 Å². The number of pyridine rings is 1. The van der Waals surface area contributed by atoms with Crippen molar-refractivity contribution < 1.29 is 9.90 Å². The minimum atomic E-state index is -1.10. The van der Waals surface area contributed by atoms with E-state index in [9.17, 15) is 9.90 Å². The van der Waals surface area contributed by atoms with Crippen LogP contribution in [-0.2, 0) is 7.05 Å². The zero-order valence-corrected chi connectivity index (χ0v) is 13.0. The molecule has 0 aliphatic rings. The minimum absolute atomic E-state index is 0.0293. The molecule has 3 rings (SSSR count). The Bertz CT molecular complexity index is 935. The van der Waals surface area contributed by atoms with Crippen LogP contribution in [0.15, 0.2) is 36.5 Å². The second-order valence-corrected chi connectivity index (χ2v) is 5.34. The molecular weight excluding hydrogens is 314 g/mol. The van der Waals surface area contributed by atoms with E-state index in [0.29, 0.717) is 11.0 Å². The normalized spacial score (nSPS) is 10.7. The monoisotopic (exact) mass is 327 g/mol. The van der Waals surface area contributed by atoms with Crippen LogP contribution in [0, 0.1) is 0 Å². The molecule has 116 valence electrons. The molecule has 0 fully saturated rings. The summed E-state index contributed by atoms with van der Waals surface area (Å²) >= 11 is 4.84. The molecule has 0 spiro atoms. The molecule has 0 aliphatic carbocycles. The van der Waals surface area contributed by atoms with Gasteiger partial charge in [-0.25, -0.2) is 14.5 Å². The van der Waals surface area contributed by atoms with Crippen molar-refractivity contribution in [1.82, 2.24) is 14.8 Å². The smallest absolute Gasteiger partial charge is 0.357 e. The number of hydrogen-bond donors (Lipinski definition) is 3. The molecule has 0 aliphatic heterocycles. The number of nitrogens with two attached hydrogens (primary N) is 1. The highest BCUT2D eigenvalue weighted by Crippen LogP contribution is 2.31. The lowest BCUT2D eigenvalue weighted by molar-refractivity contribution is 0.0691. The Labute approximate surface area is 136 Å². The van der Waals surface area contributed by atoms with Crippen LogP contribution in [0.2, 0.25) is 0 Å². The van der Waals surface area contributed by atoms with Gasteiger partial charge in [0.1, 0.15) is 0 Å². The zero-order valence-electron chi connectivity index (χ0n) is 12.1. The highest BCUT2D eigenvalue weighted by Gasteiger charge is 2.19. The van der Waals surface area contributed by atoms with Crippen LogP contribution in [0.1, 0.15) is 10.5 Å².